The Balaban J connectivity index is 2.80. The summed E-state index contributed by atoms with van der Waals surface area (Å²) in [5.41, 5.74) is 6.90. The van der Waals surface area contributed by atoms with Crippen molar-refractivity contribution in [3.8, 4) is 5.75 Å². The summed E-state index contributed by atoms with van der Waals surface area (Å²) in [6, 6.07) is 8.63. The van der Waals surface area contributed by atoms with E-state index in [-0.39, 0.29) is 0 Å². The zero-order chi connectivity index (χ0) is 12.0. The third-order valence-corrected chi connectivity index (χ3v) is 3.07. The lowest BCUT2D eigenvalue weighted by Gasteiger charge is -2.23. The van der Waals surface area contributed by atoms with Gasteiger partial charge in [-0.2, -0.15) is 0 Å². The molecule has 1 aromatic rings. The quantitative estimate of drug-likeness (QED) is 0.770. The number of likely N-dealkylation sites (N-methyl/N-ethyl adjacent to an activating group) is 1. The minimum atomic E-state index is 0.414. The fourth-order valence-electron chi connectivity index (χ4n) is 1.98. The Bertz CT molecular complexity index is 315. The smallest absolute Gasteiger partial charge is 0.119 e. The number of nitrogens with one attached hydrogen (secondary N) is 1. The van der Waals surface area contributed by atoms with E-state index in [9.17, 15) is 0 Å². The summed E-state index contributed by atoms with van der Waals surface area (Å²) in [7, 11) is 3.68. The minimum absolute atomic E-state index is 0.414. The average molecular weight is 222 g/mol. The van der Waals surface area contributed by atoms with Crippen LogP contribution < -0.4 is 15.8 Å². The molecule has 0 saturated carbocycles. The van der Waals surface area contributed by atoms with Crippen molar-refractivity contribution in [2.24, 2.45) is 5.73 Å². The van der Waals surface area contributed by atoms with E-state index < -0.39 is 0 Å². The number of rotatable bonds is 6. The van der Waals surface area contributed by atoms with Gasteiger partial charge in [-0.15, -0.1) is 0 Å². The Hall–Kier alpha value is -1.06. The summed E-state index contributed by atoms with van der Waals surface area (Å²) in [4.78, 5) is 0. The van der Waals surface area contributed by atoms with Crippen molar-refractivity contribution in [3.05, 3.63) is 29.8 Å². The van der Waals surface area contributed by atoms with E-state index in [1.807, 2.05) is 19.2 Å². The first-order valence-corrected chi connectivity index (χ1v) is 5.74. The van der Waals surface area contributed by atoms with Crippen LogP contribution in [-0.2, 0) is 0 Å². The Morgan fingerprint density at radius 1 is 1.44 bits per heavy atom. The molecule has 1 aromatic carbocycles. The molecule has 0 aliphatic heterocycles. The monoisotopic (exact) mass is 222 g/mol. The molecule has 0 bridgehead atoms. The number of ether oxygens (including phenoxy) is 1. The van der Waals surface area contributed by atoms with Crippen LogP contribution in [0.4, 0.5) is 0 Å². The first-order valence-electron chi connectivity index (χ1n) is 5.74. The van der Waals surface area contributed by atoms with Gasteiger partial charge in [0.1, 0.15) is 5.75 Å². The van der Waals surface area contributed by atoms with Crippen molar-refractivity contribution in [2.45, 2.75) is 25.3 Å². The fraction of sp³-hybridized carbons (Fsp3) is 0.538. The lowest BCUT2D eigenvalue weighted by atomic mass is 9.91. The number of nitrogens with two attached hydrogens (primary N) is 1. The van der Waals surface area contributed by atoms with Gasteiger partial charge in [-0.05, 0) is 43.6 Å². The van der Waals surface area contributed by atoms with Gasteiger partial charge in [0.25, 0.3) is 0 Å². The molecule has 0 aliphatic rings. The summed E-state index contributed by atoms with van der Waals surface area (Å²) >= 11 is 0. The predicted molar refractivity (Wildman–Crippen MR) is 67.9 cm³/mol. The van der Waals surface area contributed by atoms with Gasteiger partial charge in [0.2, 0.25) is 0 Å². The molecule has 3 N–H and O–H groups in total. The van der Waals surface area contributed by atoms with Crippen LogP contribution >= 0.6 is 0 Å². The second-order valence-corrected chi connectivity index (χ2v) is 4.04. The third kappa shape index (κ3) is 3.22. The molecule has 0 aromatic heterocycles. The van der Waals surface area contributed by atoms with E-state index in [1.165, 1.54) is 5.56 Å². The van der Waals surface area contributed by atoms with E-state index in [1.54, 1.807) is 7.11 Å². The highest BCUT2D eigenvalue weighted by atomic mass is 16.5. The van der Waals surface area contributed by atoms with Gasteiger partial charge < -0.3 is 15.8 Å². The highest BCUT2D eigenvalue weighted by molar-refractivity contribution is 5.31. The first kappa shape index (κ1) is 13.0. The van der Waals surface area contributed by atoms with E-state index in [0.717, 1.165) is 12.2 Å². The van der Waals surface area contributed by atoms with Gasteiger partial charge in [-0.1, -0.05) is 19.1 Å². The van der Waals surface area contributed by atoms with Crippen LogP contribution in [0.5, 0.6) is 5.75 Å². The summed E-state index contributed by atoms with van der Waals surface area (Å²) in [5.74, 6) is 1.34. The zero-order valence-corrected chi connectivity index (χ0v) is 10.4. The van der Waals surface area contributed by atoms with Crippen molar-refractivity contribution in [1.29, 1.82) is 0 Å². The van der Waals surface area contributed by atoms with Crippen molar-refractivity contribution >= 4 is 0 Å². The maximum absolute atomic E-state index is 5.61. The molecule has 2 unspecified atom stereocenters. The van der Waals surface area contributed by atoms with Gasteiger partial charge in [0.15, 0.2) is 0 Å². The van der Waals surface area contributed by atoms with Crippen LogP contribution in [-0.4, -0.2) is 26.7 Å². The van der Waals surface area contributed by atoms with Crippen LogP contribution in [0.2, 0.25) is 0 Å². The van der Waals surface area contributed by atoms with Crippen molar-refractivity contribution in [1.82, 2.24) is 5.32 Å². The Morgan fingerprint density at radius 2 is 2.19 bits per heavy atom. The van der Waals surface area contributed by atoms with Gasteiger partial charge in [0, 0.05) is 6.04 Å². The maximum atomic E-state index is 5.61. The fourth-order valence-corrected chi connectivity index (χ4v) is 1.98. The summed E-state index contributed by atoms with van der Waals surface area (Å²) in [6.07, 6.45) is 0.981. The summed E-state index contributed by atoms with van der Waals surface area (Å²) in [5, 5.41) is 3.32. The van der Waals surface area contributed by atoms with Crippen molar-refractivity contribution < 1.29 is 4.74 Å². The minimum Gasteiger partial charge on any atom is -0.497 e. The molecule has 0 amide bonds. The maximum Gasteiger partial charge on any atom is 0.119 e. The zero-order valence-electron chi connectivity index (χ0n) is 10.4. The molecule has 3 nitrogen and oxygen atoms in total. The molecule has 0 saturated heterocycles. The van der Waals surface area contributed by atoms with Crippen LogP contribution in [0, 0.1) is 0 Å². The second kappa shape index (κ2) is 6.51. The summed E-state index contributed by atoms with van der Waals surface area (Å²) in [6.45, 7) is 2.92. The number of methoxy groups -OCH3 is 1. The van der Waals surface area contributed by atoms with E-state index in [2.05, 4.69) is 24.4 Å². The number of benzene rings is 1. The molecule has 0 aliphatic carbocycles. The SMILES string of the molecule is CNC(CCN)C(C)c1cccc(OC)c1. The molecule has 2 atom stereocenters. The highest BCUT2D eigenvalue weighted by Gasteiger charge is 2.16. The largest absolute Gasteiger partial charge is 0.497 e. The van der Waals surface area contributed by atoms with Gasteiger partial charge in [-0.25, -0.2) is 0 Å². The topological polar surface area (TPSA) is 47.3 Å². The lowest BCUT2D eigenvalue weighted by Crippen LogP contribution is -2.32. The Kier molecular flexibility index (Phi) is 5.29. The molecular weight excluding hydrogens is 200 g/mol. The van der Waals surface area contributed by atoms with E-state index in [4.69, 9.17) is 10.5 Å². The summed E-state index contributed by atoms with van der Waals surface area (Å²) < 4.78 is 5.23. The van der Waals surface area contributed by atoms with Gasteiger partial charge in [-0.3, -0.25) is 0 Å². The molecule has 0 fully saturated rings. The molecule has 0 spiro atoms. The Morgan fingerprint density at radius 3 is 2.75 bits per heavy atom. The van der Waals surface area contributed by atoms with Crippen LogP contribution in [0.15, 0.2) is 24.3 Å². The molecule has 0 radical (unpaired) electrons. The van der Waals surface area contributed by atoms with Crippen LogP contribution in [0.1, 0.15) is 24.8 Å². The average Bonchev–Trinajstić information content (AvgIpc) is 2.35. The predicted octanol–water partition coefficient (Wildman–Crippen LogP) is 1.74. The third-order valence-electron chi connectivity index (χ3n) is 3.07. The van der Waals surface area contributed by atoms with E-state index in [0.29, 0.717) is 18.5 Å². The van der Waals surface area contributed by atoms with Crippen molar-refractivity contribution in [3.63, 3.8) is 0 Å². The number of hydrogen-bond donors (Lipinski definition) is 2. The lowest BCUT2D eigenvalue weighted by molar-refractivity contribution is 0.411. The van der Waals surface area contributed by atoms with E-state index >= 15 is 0 Å². The molecule has 0 heterocycles. The molecule has 90 valence electrons. The first-order chi connectivity index (χ1) is 7.72. The van der Waals surface area contributed by atoms with Crippen LogP contribution in [0.25, 0.3) is 0 Å². The van der Waals surface area contributed by atoms with Crippen molar-refractivity contribution in [2.75, 3.05) is 20.7 Å². The molecule has 16 heavy (non-hydrogen) atoms. The normalized spacial score (nSPS) is 14.5. The van der Waals surface area contributed by atoms with Gasteiger partial charge in [0.05, 0.1) is 7.11 Å². The molecular formula is C13H22N2O. The van der Waals surface area contributed by atoms with Gasteiger partial charge >= 0.3 is 0 Å². The highest BCUT2D eigenvalue weighted by Crippen LogP contribution is 2.24. The molecule has 3 heteroatoms. The Labute approximate surface area is 98.0 Å². The number of hydrogen-bond acceptors (Lipinski definition) is 3. The standard InChI is InChI=1S/C13H22N2O/c1-10(13(15-2)7-8-14)11-5-4-6-12(9-11)16-3/h4-6,9-10,13,15H,7-8,14H2,1-3H3. The molecule has 1 rings (SSSR count). The van der Waals surface area contributed by atoms with Crippen LogP contribution in [0.3, 0.4) is 0 Å². The second-order valence-electron chi connectivity index (χ2n) is 4.04.